The van der Waals surface area contributed by atoms with Gasteiger partial charge in [-0.05, 0) is 47.5 Å². The summed E-state index contributed by atoms with van der Waals surface area (Å²) in [5.74, 6) is -0.557. The number of rotatable bonds is 5. The molecule has 0 aliphatic heterocycles. The number of halogens is 2. The van der Waals surface area contributed by atoms with Crippen molar-refractivity contribution < 1.29 is 4.79 Å². The Morgan fingerprint density at radius 2 is 1.81 bits per heavy atom. The second kappa shape index (κ2) is 8.79. The molecule has 3 rings (SSSR count). The van der Waals surface area contributed by atoms with Gasteiger partial charge in [-0.1, -0.05) is 51.8 Å². The molecule has 3 aromatic rings. The third-order valence-corrected chi connectivity index (χ3v) is 4.56. The van der Waals surface area contributed by atoms with E-state index in [9.17, 15) is 9.59 Å². The molecule has 1 amide bonds. The van der Waals surface area contributed by atoms with Gasteiger partial charge in [0.05, 0.1) is 12.8 Å². The molecule has 0 fully saturated rings. The molecule has 0 aliphatic carbocycles. The molecular formula is C20H15BrClN3O2. The summed E-state index contributed by atoms with van der Waals surface area (Å²) in [6, 6.07) is 17.8. The van der Waals surface area contributed by atoms with Crippen LogP contribution < -0.4 is 11.0 Å². The van der Waals surface area contributed by atoms with E-state index < -0.39 is 5.91 Å². The Balaban J connectivity index is 1.72. The smallest absolute Gasteiger partial charge is 0.276 e. The molecular weight excluding hydrogens is 430 g/mol. The number of carbonyl (C=O) groups excluding carboxylic acids is 1. The van der Waals surface area contributed by atoms with Crippen molar-refractivity contribution in [2.75, 3.05) is 0 Å². The van der Waals surface area contributed by atoms with E-state index in [4.69, 9.17) is 11.6 Å². The molecule has 0 aliphatic rings. The van der Waals surface area contributed by atoms with Crippen LogP contribution >= 0.6 is 27.5 Å². The molecule has 7 heteroatoms. The molecule has 1 heterocycles. The average molecular weight is 445 g/mol. The van der Waals surface area contributed by atoms with Crippen LogP contribution in [0.15, 0.2) is 81.2 Å². The molecule has 2 aromatic carbocycles. The second-order valence-electron chi connectivity index (χ2n) is 5.73. The van der Waals surface area contributed by atoms with Crippen molar-refractivity contribution in [3.63, 3.8) is 0 Å². The topological polar surface area (TPSA) is 63.5 Å². The summed E-state index contributed by atoms with van der Waals surface area (Å²) >= 11 is 9.23. The number of nitrogens with zero attached hydrogens (tertiary/aromatic N) is 2. The van der Waals surface area contributed by atoms with Gasteiger partial charge in [0.1, 0.15) is 5.56 Å². The molecule has 0 saturated carbocycles. The Hall–Kier alpha value is -2.70. The van der Waals surface area contributed by atoms with E-state index in [-0.39, 0.29) is 11.1 Å². The minimum atomic E-state index is -0.557. The highest BCUT2D eigenvalue weighted by Crippen LogP contribution is 2.10. The van der Waals surface area contributed by atoms with E-state index in [1.54, 1.807) is 24.4 Å². The van der Waals surface area contributed by atoms with E-state index in [1.165, 1.54) is 16.8 Å². The fourth-order valence-corrected chi connectivity index (χ4v) is 2.79. The Kier molecular flexibility index (Phi) is 6.21. The molecule has 0 spiro atoms. The fourth-order valence-electron chi connectivity index (χ4n) is 2.40. The Labute approximate surface area is 169 Å². The second-order valence-corrected chi connectivity index (χ2v) is 7.08. The molecule has 27 heavy (non-hydrogen) atoms. The number of benzene rings is 2. The maximum Gasteiger partial charge on any atom is 0.276 e. The minimum Gasteiger partial charge on any atom is -0.310 e. The Bertz CT molecular complexity index is 1030. The molecule has 0 atom stereocenters. The lowest BCUT2D eigenvalue weighted by Crippen LogP contribution is -2.30. The lowest BCUT2D eigenvalue weighted by Gasteiger charge is -2.08. The summed E-state index contributed by atoms with van der Waals surface area (Å²) in [5.41, 5.74) is 3.77. The number of hydrogen-bond acceptors (Lipinski definition) is 3. The van der Waals surface area contributed by atoms with Crippen molar-refractivity contribution >= 4 is 39.7 Å². The molecule has 1 aromatic heterocycles. The van der Waals surface area contributed by atoms with Gasteiger partial charge in [0, 0.05) is 15.7 Å². The van der Waals surface area contributed by atoms with Crippen molar-refractivity contribution in [2.45, 2.75) is 6.54 Å². The summed E-state index contributed by atoms with van der Waals surface area (Å²) < 4.78 is 2.42. The van der Waals surface area contributed by atoms with Crippen molar-refractivity contribution in [1.82, 2.24) is 9.99 Å². The largest absolute Gasteiger partial charge is 0.310 e. The van der Waals surface area contributed by atoms with Crippen molar-refractivity contribution in [1.29, 1.82) is 0 Å². The Morgan fingerprint density at radius 1 is 1.11 bits per heavy atom. The first-order chi connectivity index (χ1) is 13.0. The fraction of sp³-hybridized carbons (Fsp3) is 0.0500. The van der Waals surface area contributed by atoms with Gasteiger partial charge in [-0.15, -0.1) is 0 Å². The monoisotopic (exact) mass is 443 g/mol. The van der Waals surface area contributed by atoms with Gasteiger partial charge >= 0.3 is 0 Å². The van der Waals surface area contributed by atoms with Gasteiger partial charge < -0.3 is 4.57 Å². The molecule has 1 N–H and O–H groups in total. The van der Waals surface area contributed by atoms with Crippen LogP contribution in [0.1, 0.15) is 21.5 Å². The summed E-state index contributed by atoms with van der Waals surface area (Å²) in [7, 11) is 0. The maximum absolute atomic E-state index is 12.6. The molecule has 0 unspecified atom stereocenters. The molecule has 0 radical (unpaired) electrons. The van der Waals surface area contributed by atoms with Crippen molar-refractivity contribution in [2.24, 2.45) is 5.10 Å². The highest BCUT2D eigenvalue weighted by molar-refractivity contribution is 9.10. The van der Waals surface area contributed by atoms with E-state index in [2.05, 4.69) is 26.5 Å². The van der Waals surface area contributed by atoms with Crippen LogP contribution in [0.25, 0.3) is 0 Å². The summed E-state index contributed by atoms with van der Waals surface area (Å²) in [4.78, 5) is 24.9. The van der Waals surface area contributed by atoms with Crippen LogP contribution in [0.3, 0.4) is 0 Å². The van der Waals surface area contributed by atoms with E-state index >= 15 is 0 Å². The van der Waals surface area contributed by atoms with Gasteiger partial charge in [-0.3, -0.25) is 9.59 Å². The standard InChI is InChI=1S/C20H15BrClN3O2/c21-16-7-3-14(4-8-16)12-23-24-19(26)18-2-1-11-25(20(18)27)13-15-5-9-17(22)10-6-15/h1-12H,13H2,(H,24,26)/b23-12-. The number of carbonyl (C=O) groups is 1. The van der Waals surface area contributed by atoms with Gasteiger partial charge in [-0.25, -0.2) is 5.43 Å². The van der Waals surface area contributed by atoms with Crippen LogP contribution in [-0.4, -0.2) is 16.7 Å². The van der Waals surface area contributed by atoms with Gasteiger partial charge in [-0.2, -0.15) is 5.10 Å². The van der Waals surface area contributed by atoms with E-state index in [1.807, 2.05) is 36.4 Å². The zero-order valence-electron chi connectivity index (χ0n) is 14.1. The minimum absolute atomic E-state index is 0.0272. The van der Waals surface area contributed by atoms with Crippen LogP contribution in [0.5, 0.6) is 0 Å². The first-order valence-electron chi connectivity index (χ1n) is 8.06. The van der Waals surface area contributed by atoms with Crippen molar-refractivity contribution in [3.8, 4) is 0 Å². The molecule has 136 valence electrons. The third kappa shape index (κ3) is 5.15. The maximum atomic E-state index is 12.6. The van der Waals surface area contributed by atoms with Crippen LogP contribution in [0.4, 0.5) is 0 Å². The number of aromatic nitrogens is 1. The predicted octanol–water partition coefficient (Wildman–Crippen LogP) is 4.08. The van der Waals surface area contributed by atoms with Gasteiger partial charge in [0.15, 0.2) is 0 Å². The lowest BCUT2D eigenvalue weighted by molar-refractivity contribution is 0.0953. The summed E-state index contributed by atoms with van der Waals surface area (Å²) in [5, 5.41) is 4.54. The first-order valence-corrected chi connectivity index (χ1v) is 9.23. The predicted molar refractivity (Wildman–Crippen MR) is 110 cm³/mol. The SMILES string of the molecule is O=C(N/N=C\c1ccc(Br)cc1)c1cccn(Cc2ccc(Cl)cc2)c1=O. The zero-order chi connectivity index (χ0) is 19.2. The Morgan fingerprint density at radius 3 is 2.52 bits per heavy atom. The quantitative estimate of drug-likeness (QED) is 0.476. The number of hydrazone groups is 1. The highest BCUT2D eigenvalue weighted by Gasteiger charge is 2.11. The van der Waals surface area contributed by atoms with Gasteiger partial charge in [0.2, 0.25) is 0 Å². The summed E-state index contributed by atoms with van der Waals surface area (Å²) in [6.07, 6.45) is 3.15. The highest BCUT2D eigenvalue weighted by atomic mass is 79.9. The summed E-state index contributed by atoms with van der Waals surface area (Å²) in [6.45, 7) is 0.347. The van der Waals surface area contributed by atoms with Crippen LogP contribution in [0.2, 0.25) is 5.02 Å². The van der Waals surface area contributed by atoms with Crippen molar-refractivity contribution in [3.05, 3.63) is 103 Å². The average Bonchev–Trinajstić information content (AvgIpc) is 2.66. The normalized spacial score (nSPS) is 10.9. The zero-order valence-corrected chi connectivity index (χ0v) is 16.4. The number of pyridine rings is 1. The number of hydrogen-bond donors (Lipinski definition) is 1. The molecule has 0 bridgehead atoms. The lowest BCUT2D eigenvalue weighted by atomic mass is 10.2. The van der Waals surface area contributed by atoms with Crippen LogP contribution in [0, 0.1) is 0 Å². The van der Waals surface area contributed by atoms with Gasteiger partial charge in [0.25, 0.3) is 11.5 Å². The van der Waals surface area contributed by atoms with E-state index in [0.29, 0.717) is 11.6 Å². The number of amides is 1. The molecule has 0 saturated heterocycles. The first kappa shape index (κ1) is 19.1. The van der Waals surface area contributed by atoms with Crippen LogP contribution in [-0.2, 0) is 6.54 Å². The van der Waals surface area contributed by atoms with E-state index in [0.717, 1.165) is 15.6 Å². The third-order valence-electron chi connectivity index (χ3n) is 3.78. The number of nitrogens with one attached hydrogen (secondary N) is 1. The molecule has 5 nitrogen and oxygen atoms in total.